The average Bonchev–Trinajstić information content (AvgIpc) is 3.07. The zero-order chi connectivity index (χ0) is 15.5. The van der Waals surface area contributed by atoms with Gasteiger partial charge >= 0.3 is 5.97 Å². The molecule has 2 aromatic heterocycles. The Morgan fingerprint density at radius 3 is 2.90 bits per heavy atom. The molecule has 0 aliphatic rings. The van der Waals surface area contributed by atoms with Gasteiger partial charge in [0.2, 0.25) is 10.0 Å². The molecule has 9 heteroatoms. The van der Waals surface area contributed by atoms with Crippen LogP contribution in [-0.4, -0.2) is 35.8 Å². The Labute approximate surface area is 126 Å². The Morgan fingerprint density at radius 1 is 1.57 bits per heavy atom. The number of carboxylic acids is 1. The van der Waals surface area contributed by atoms with E-state index in [-0.39, 0.29) is 22.2 Å². The maximum absolute atomic E-state index is 12.1. The van der Waals surface area contributed by atoms with Gasteiger partial charge in [0.25, 0.3) is 0 Å². The van der Waals surface area contributed by atoms with E-state index < -0.39 is 16.0 Å². The maximum atomic E-state index is 12.1. The summed E-state index contributed by atoms with van der Waals surface area (Å²) in [5.74, 6) is -1.08. The summed E-state index contributed by atoms with van der Waals surface area (Å²) in [6, 6.07) is 2.96. The molecule has 1 atom stereocenters. The molecule has 7 nitrogen and oxygen atoms in total. The number of hydrogen-bond acceptors (Lipinski definition) is 5. The molecule has 2 N–H and O–H groups in total. The number of carbonyl (C=O) groups is 1. The van der Waals surface area contributed by atoms with Gasteiger partial charge in [0.05, 0.1) is 5.56 Å². The number of aromatic carboxylic acids is 1. The van der Waals surface area contributed by atoms with Gasteiger partial charge in [0, 0.05) is 30.9 Å². The first-order chi connectivity index (χ1) is 9.88. The van der Waals surface area contributed by atoms with E-state index in [9.17, 15) is 13.2 Å². The first kappa shape index (κ1) is 15.7. The van der Waals surface area contributed by atoms with Gasteiger partial charge < -0.3 is 5.11 Å². The SMILES string of the molecule is CC(CNS(=O)(=O)c1cc(C(=O)O)cs1)Cn1cccn1. The highest BCUT2D eigenvalue weighted by atomic mass is 32.2. The van der Waals surface area contributed by atoms with E-state index in [0.717, 1.165) is 17.4 Å². The predicted molar refractivity (Wildman–Crippen MR) is 77.9 cm³/mol. The maximum Gasteiger partial charge on any atom is 0.336 e. The van der Waals surface area contributed by atoms with Crippen LogP contribution in [0.5, 0.6) is 0 Å². The summed E-state index contributed by atoms with van der Waals surface area (Å²) in [4.78, 5) is 10.8. The Bertz CT molecular complexity index is 707. The second-order valence-corrected chi connectivity index (χ2v) is 7.55. The lowest BCUT2D eigenvalue weighted by atomic mass is 10.2. The molecular weight excluding hydrogens is 314 g/mol. The van der Waals surface area contributed by atoms with Crippen LogP contribution in [0.2, 0.25) is 0 Å². The van der Waals surface area contributed by atoms with Gasteiger partial charge in [-0.2, -0.15) is 5.10 Å². The second kappa shape index (κ2) is 6.37. The summed E-state index contributed by atoms with van der Waals surface area (Å²) >= 11 is 0.893. The monoisotopic (exact) mass is 329 g/mol. The highest BCUT2D eigenvalue weighted by molar-refractivity contribution is 7.91. The van der Waals surface area contributed by atoms with Crippen LogP contribution in [0.3, 0.4) is 0 Å². The molecule has 0 aliphatic heterocycles. The molecule has 0 spiro atoms. The topological polar surface area (TPSA) is 101 Å². The molecule has 0 radical (unpaired) electrons. The van der Waals surface area contributed by atoms with Crippen molar-refractivity contribution in [1.29, 1.82) is 0 Å². The highest BCUT2D eigenvalue weighted by Gasteiger charge is 2.19. The number of thiophene rings is 1. The number of rotatable bonds is 7. The van der Waals surface area contributed by atoms with Crippen LogP contribution in [0.1, 0.15) is 17.3 Å². The molecule has 0 aliphatic carbocycles. The van der Waals surface area contributed by atoms with E-state index in [1.165, 1.54) is 5.38 Å². The number of sulfonamides is 1. The quantitative estimate of drug-likeness (QED) is 0.796. The molecule has 2 rings (SSSR count). The Kier molecular flexibility index (Phi) is 4.76. The van der Waals surface area contributed by atoms with E-state index in [0.29, 0.717) is 6.54 Å². The highest BCUT2D eigenvalue weighted by Crippen LogP contribution is 2.20. The minimum absolute atomic E-state index is 0.00573. The Hall–Kier alpha value is -1.71. The van der Waals surface area contributed by atoms with Crippen molar-refractivity contribution in [1.82, 2.24) is 14.5 Å². The molecule has 21 heavy (non-hydrogen) atoms. The zero-order valence-electron chi connectivity index (χ0n) is 11.3. The zero-order valence-corrected chi connectivity index (χ0v) is 12.9. The summed E-state index contributed by atoms with van der Waals surface area (Å²) in [6.07, 6.45) is 3.47. The van der Waals surface area contributed by atoms with Gasteiger partial charge in [-0.1, -0.05) is 6.92 Å². The molecule has 2 aromatic rings. The third-order valence-corrected chi connectivity index (χ3v) is 5.63. The Balaban J connectivity index is 1.95. The lowest BCUT2D eigenvalue weighted by Crippen LogP contribution is -2.29. The van der Waals surface area contributed by atoms with Gasteiger partial charge in [-0.3, -0.25) is 4.68 Å². The lowest BCUT2D eigenvalue weighted by molar-refractivity contribution is 0.0697. The fraction of sp³-hybridized carbons (Fsp3) is 0.333. The van der Waals surface area contributed by atoms with Crippen LogP contribution in [0.15, 0.2) is 34.1 Å². The fourth-order valence-electron chi connectivity index (χ4n) is 1.69. The summed E-state index contributed by atoms with van der Waals surface area (Å²) in [6.45, 7) is 2.75. The van der Waals surface area contributed by atoms with Crippen molar-refractivity contribution in [3.05, 3.63) is 35.5 Å². The van der Waals surface area contributed by atoms with Gasteiger partial charge in [0.15, 0.2) is 0 Å². The van der Waals surface area contributed by atoms with E-state index in [1.54, 1.807) is 16.9 Å². The van der Waals surface area contributed by atoms with Crippen LogP contribution < -0.4 is 4.72 Å². The Morgan fingerprint density at radius 2 is 2.33 bits per heavy atom. The van der Waals surface area contributed by atoms with Crippen LogP contribution >= 0.6 is 11.3 Å². The third-order valence-electron chi connectivity index (χ3n) is 2.77. The summed E-state index contributed by atoms with van der Waals surface area (Å²) in [7, 11) is -3.67. The number of hydrogen-bond donors (Lipinski definition) is 2. The van der Waals surface area contributed by atoms with Gasteiger partial charge in [-0.15, -0.1) is 11.3 Å². The molecule has 0 bridgehead atoms. The molecule has 1 unspecified atom stereocenters. The number of nitrogens with zero attached hydrogens (tertiary/aromatic N) is 2. The van der Waals surface area contributed by atoms with E-state index in [1.807, 2.05) is 13.1 Å². The minimum atomic E-state index is -3.67. The minimum Gasteiger partial charge on any atom is -0.478 e. The predicted octanol–water partition coefficient (Wildman–Crippen LogP) is 1.26. The van der Waals surface area contributed by atoms with Crippen molar-refractivity contribution in [2.24, 2.45) is 5.92 Å². The average molecular weight is 329 g/mol. The third kappa shape index (κ3) is 4.13. The van der Waals surface area contributed by atoms with Gasteiger partial charge in [0.1, 0.15) is 4.21 Å². The molecule has 2 heterocycles. The fourth-order valence-corrected chi connectivity index (χ4v) is 4.05. The van der Waals surface area contributed by atoms with Gasteiger partial charge in [-0.25, -0.2) is 17.9 Å². The molecule has 0 aromatic carbocycles. The largest absolute Gasteiger partial charge is 0.478 e. The van der Waals surface area contributed by atoms with Crippen molar-refractivity contribution in [2.75, 3.05) is 6.54 Å². The number of nitrogens with one attached hydrogen (secondary N) is 1. The number of carboxylic acid groups (broad SMARTS) is 1. The number of aromatic nitrogens is 2. The first-order valence-corrected chi connectivity index (χ1v) is 8.53. The van der Waals surface area contributed by atoms with Crippen molar-refractivity contribution < 1.29 is 18.3 Å². The first-order valence-electron chi connectivity index (χ1n) is 6.17. The molecule has 0 saturated carbocycles. The van der Waals surface area contributed by atoms with Crippen molar-refractivity contribution in [2.45, 2.75) is 17.7 Å². The van der Waals surface area contributed by atoms with Gasteiger partial charge in [-0.05, 0) is 18.1 Å². The van der Waals surface area contributed by atoms with E-state index in [4.69, 9.17) is 5.11 Å². The van der Waals surface area contributed by atoms with Crippen LogP contribution in [0, 0.1) is 5.92 Å². The molecular formula is C12H15N3O4S2. The van der Waals surface area contributed by atoms with Crippen molar-refractivity contribution in [3.8, 4) is 0 Å². The molecule has 0 amide bonds. The molecule has 0 saturated heterocycles. The lowest BCUT2D eigenvalue weighted by Gasteiger charge is -2.12. The summed E-state index contributed by atoms with van der Waals surface area (Å²) < 4.78 is 28.3. The smallest absolute Gasteiger partial charge is 0.336 e. The standard InChI is InChI=1S/C12H15N3O4S2/c1-9(7-15-4-2-3-13-15)6-14-21(18,19)11-5-10(8-20-11)12(16)17/h2-5,8-9,14H,6-7H2,1H3,(H,16,17). The molecule has 0 fully saturated rings. The summed E-state index contributed by atoms with van der Waals surface area (Å²) in [5, 5.41) is 14.2. The van der Waals surface area contributed by atoms with Crippen molar-refractivity contribution >= 4 is 27.3 Å². The normalized spacial score (nSPS) is 13.2. The van der Waals surface area contributed by atoms with Crippen LogP contribution in [0.4, 0.5) is 0 Å². The van der Waals surface area contributed by atoms with Crippen LogP contribution in [-0.2, 0) is 16.6 Å². The van der Waals surface area contributed by atoms with Crippen LogP contribution in [0.25, 0.3) is 0 Å². The van der Waals surface area contributed by atoms with Crippen molar-refractivity contribution in [3.63, 3.8) is 0 Å². The van der Waals surface area contributed by atoms with E-state index >= 15 is 0 Å². The summed E-state index contributed by atoms with van der Waals surface area (Å²) in [5.41, 5.74) is -0.0232. The van der Waals surface area contributed by atoms with E-state index in [2.05, 4.69) is 9.82 Å². The molecule has 114 valence electrons. The second-order valence-electron chi connectivity index (χ2n) is 4.64.